The lowest BCUT2D eigenvalue weighted by atomic mass is 9.99. The normalized spacial score (nSPS) is 20.9. The van der Waals surface area contributed by atoms with Crippen LogP contribution >= 0.6 is 0 Å². The Morgan fingerprint density at radius 2 is 2.21 bits per heavy atom. The molecule has 0 bridgehead atoms. The van der Waals surface area contributed by atoms with Gasteiger partial charge in [-0.2, -0.15) is 0 Å². The molecule has 1 unspecified atom stereocenters. The quantitative estimate of drug-likeness (QED) is 0.673. The SMILES string of the molecule is CCOC(=O)c1cccc(S(=O)(=O)NCC2(COC)CCCN2)c1. The van der Waals surface area contributed by atoms with E-state index < -0.39 is 16.0 Å². The highest BCUT2D eigenvalue weighted by Crippen LogP contribution is 2.20. The largest absolute Gasteiger partial charge is 0.462 e. The van der Waals surface area contributed by atoms with Gasteiger partial charge in [0.15, 0.2) is 0 Å². The summed E-state index contributed by atoms with van der Waals surface area (Å²) in [4.78, 5) is 11.8. The average molecular weight is 356 g/mol. The van der Waals surface area contributed by atoms with E-state index in [0.717, 1.165) is 19.4 Å². The third-order valence-corrected chi connectivity index (χ3v) is 5.41. The molecule has 1 aromatic carbocycles. The van der Waals surface area contributed by atoms with E-state index in [-0.39, 0.29) is 29.1 Å². The molecule has 24 heavy (non-hydrogen) atoms. The predicted molar refractivity (Wildman–Crippen MR) is 89.4 cm³/mol. The van der Waals surface area contributed by atoms with Gasteiger partial charge in [0.25, 0.3) is 0 Å². The van der Waals surface area contributed by atoms with E-state index in [1.165, 1.54) is 24.3 Å². The number of hydrogen-bond acceptors (Lipinski definition) is 6. The fourth-order valence-corrected chi connectivity index (χ4v) is 3.96. The van der Waals surface area contributed by atoms with E-state index in [4.69, 9.17) is 9.47 Å². The summed E-state index contributed by atoms with van der Waals surface area (Å²) in [6.45, 7) is 3.43. The molecular formula is C16H24N2O5S. The van der Waals surface area contributed by atoms with Crippen molar-refractivity contribution in [2.24, 2.45) is 0 Å². The standard InChI is InChI=1S/C16H24N2O5S/c1-3-23-15(19)13-6-4-7-14(10-13)24(20,21)18-11-16(12-22-2)8-5-9-17-16/h4,6-7,10,17-18H,3,5,8-9,11-12H2,1-2H3. The van der Waals surface area contributed by atoms with Crippen molar-refractivity contribution in [2.45, 2.75) is 30.2 Å². The van der Waals surface area contributed by atoms with Gasteiger partial charge in [0, 0.05) is 13.7 Å². The molecule has 2 N–H and O–H groups in total. The number of esters is 1. The van der Waals surface area contributed by atoms with E-state index in [1.807, 2.05) is 0 Å². The number of benzene rings is 1. The highest BCUT2D eigenvalue weighted by atomic mass is 32.2. The fourth-order valence-electron chi connectivity index (χ4n) is 2.79. The lowest BCUT2D eigenvalue weighted by Gasteiger charge is -2.28. The minimum atomic E-state index is -3.73. The highest BCUT2D eigenvalue weighted by Gasteiger charge is 2.34. The Kier molecular flexibility index (Phi) is 6.34. The van der Waals surface area contributed by atoms with Gasteiger partial charge >= 0.3 is 5.97 Å². The monoisotopic (exact) mass is 356 g/mol. The zero-order valence-electron chi connectivity index (χ0n) is 14.0. The molecule has 0 aromatic heterocycles. The molecule has 0 radical (unpaired) electrons. The van der Waals surface area contributed by atoms with Crippen molar-refractivity contribution in [2.75, 3.05) is 33.4 Å². The van der Waals surface area contributed by atoms with Gasteiger partial charge < -0.3 is 14.8 Å². The Bertz CT molecular complexity index is 669. The number of carbonyl (C=O) groups is 1. The second kappa shape index (κ2) is 8.06. The van der Waals surface area contributed by atoms with Crippen LogP contribution < -0.4 is 10.0 Å². The predicted octanol–water partition coefficient (Wildman–Crippen LogP) is 0.910. The van der Waals surface area contributed by atoms with Crippen molar-refractivity contribution in [1.29, 1.82) is 0 Å². The van der Waals surface area contributed by atoms with Crippen molar-refractivity contribution < 1.29 is 22.7 Å². The summed E-state index contributed by atoms with van der Waals surface area (Å²) >= 11 is 0. The van der Waals surface area contributed by atoms with Gasteiger partial charge in [-0.25, -0.2) is 17.9 Å². The maximum Gasteiger partial charge on any atom is 0.338 e. The maximum atomic E-state index is 12.5. The van der Waals surface area contributed by atoms with E-state index in [0.29, 0.717) is 6.61 Å². The smallest absolute Gasteiger partial charge is 0.338 e. The van der Waals surface area contributed by atoms with Crippen LogP contribution in [0, 0.1) is 0 Å². The number of carbonyl (C=O) groups excluding carboxylic acids is 1. The van der Waals surface area contributed by atoms with Gasteiger partial charge in [0.1, 0.15) is 0 Å². The molecule has 0 amide bonds. The van der Waals surface area contributed by atoms with Crippen LogP contribution in [0.1, 0.15) is 30.1 Å². The summed E-state index contributed by atoms with van der Waals surface area (Å²) in [6, 6.07) is 5.84. The first-order valence-corrected chi connectivity index (χ1v) is 9.41. The molecule has 2 rings (SSSR count). The van der Waals surface area contributed by atoms with Crippen LogP contribution in [-0.4, -0.2) is 53.3 Å². The number of sulfonamides is 1. The first-order valence-electron chi connectivity index (χ1n) is 7.93. The summed E-state index contributed by atoms with van der Waals surface area (Å²) in [7, 11) is -2.13. The van der Waals surface area contributed by atoms with E-state index in [1.54, 1.807) is 14.0 Å². The van der Waals surface area contributed by atoms with Crippen LogP contribution in [-0.2, 0) is 19.5 Å². The molecule has 134 valence electrons. The minimum absolute atomic E-state index is 0.0404. The number of ether oxygens (including phenoxy) is 2. The molecule has 1 aromatic rings. The summed E-state index contributed by atoms with van der Waals surface area (Å²) < 4.78 is 37.8. The molecule has 0 spiro atoms. The lowest BCUT2D eigenvalue weighted by molar-refractivity contribution is 0.0526. The van der Waals surface area contributed by atoms with Crippen LogP contribution in [0.25, 0.3) is 0 Å². The number of rotatable bonds is 8. The molecule has 7 nitrogen and oxygen atoms in total. The third-order valence-electron chi connectivity index (χ3n) is 4.01. The van der Waals surface area contributed by atoms with E-state index in [2.05, 4.69) is 10.0 Å². The van der Waals surface area contributed by atoms with E-state index in [9.17, 15) is 13.2 Å². The van der Waals surface area contributed by atoms with Crippen molar-refractivity contribution in [1.82, 2.24) is 10.0 Å². The van der Waals surface area contributed by atoms with Crippen LogP contribution in [0.3, 0.4) is 0 Å². The van der Waals surface area contributed by atoms with Gasteiger partial charge in [-0.15, -0.1) is 0 Å². The molecule has 0 saturated carbocycles. The first-order chi connectivity index (χ1) is 11.4. The molecule has 1 aliphatic heterocycles. The van der Waals surface area contributed by atoms with Crippen LogP contribution in [0.4, 0.5) is 0 Å². The van der Waals surface area contributed by atoms with Crippen LogP contribution in [0.5, 0.6) is 0 Å². The first kappa shape index (κ1) is 18.9. The van der Waals surface area contributed by atoms with Crippen molar-refractivity contribution in [3.63, 3.8) is 0 Å². The number of nitrogens with one attached hydrogen (secondary N) is 2. The molecule has 1 heterocycles. The molecule has 1 fully saturated rings. The Morgan fingerprint density at radius 1 is 1.42 bits per heavy atom. The van der Waals surface area contributed by atoms with Gasteiger partial charge in [-0.1, -0.05) is 6.07 Å². The van der Waals surface area contributed by atoms with Crippen molar-refractivity contribution in [3.05, 3.63) is 29.8 Å². The molecule has 1 atom stereocenters. The molecule has 1 aliphatic rings. The maximum absolute atomic E-state index is 12.5. The Labute approximate surface area is 142 Å². The fraction of sp³-hybridized carbons (Fsp3) is 0.562. The number of methoxy groups -OCH3 is 1. The Hall–Kier alpha value is -1.48. The molecular weight excluding hydrogens is 332 g/mol. The summed E-state index contributed by atoms with van der Waals surface area (Å²) in [5, 5.41) is 3.32. The molecule has 1 saturated heterocycles. The molecule has 0 aliphatic carbocycles. The Morgan fingerprint density at radius 3 is 2.83 bits per heavy atom. The van der Waals surface area contributed by atoms with Gasteiger partial charge in [0.05, 0.1) is 29.2 Å². The highest BCUT2D eigenvalue weighted by molar-refractivity contribution is 7.89. The van der Waals surface area contributed by atoms with Crippen LogP contribution in [0.2, 0.25) is 0 Å². The zero-order chi connectivity index (χ0) is 17.6. The summed E-state index contributed by atoms with van der Waals surface area (Å²) in [5.41, 5.74) is -0.175. The second-order valence-electron chi connectivity index (χ2n) is 5.82. The second-order valence-corrected chi connectivity index (χ2v) is 7.58. The van der Waals surface area contributed by atoms with Gasteiger partial charge in [0.2, 0.25) is 10.0 Å². The van der Waals surface area contributed by atoms with Crippen LogP contribution in [0.15, 0.2) is 29.2 Å². The molecule has 8 heteroatoms. The van der Waals surface area contributed by atoms with Crippen molar-refractivity contribution >= 4 is 16.0 Å². The Balaban J connectivity index is 2.12. The minimum Gasteiger partial charge on any atom is -0.462 e. The van der Waals surface area contributed by atoms with Crippen molar-refractivity contribution in [3.8, 4) is 0 Å². The summed E-state index contributed by atoms with van der Waals surface area (Å²) in [5.74, 6) is -0.539. The zero-order valence-corrected chi connectivity index (χ0v) is 14.8. The lowest BCUT2D eigenvalue weighted by Crippen LogP contribution is -2.52. The summed E-state index contributed by atoms with van der Waals surface area (Å²) in [6.07, 6.45) is 1.82. The third kappa shape index (κ3) is 4.54. The topological polar surface area (TPSA) is 93.7 Å². The van der Waals surface area contributed by atoms with E-state index >= 15 is 0 Å². The number of hydrogen-bond donors (Lipinski definition) is 2. The van der Waals surface area contributed by atoms with Gasteiger partial charge in [-0.05, 0) is 44.5 Å². The van der Waals surface area contributed by atoms with Gasteiger partial charge in [-0.3, -0.25) is 0 Å². The average Bonchev–Trinajstić information content (AvgIpc) is 3.03.